The lowest BCUT2D eigenvalue weighted by Gasteiger charge is -2.37. The minimum Gasteiger partial charge on any atom is -0.391 e. The number of amides is 1. The molecule has 1 atom stereocenters. The maximum absolute atomic E-state index is 12.5. The van der Waals surface area contributed by atoms with E-state index in [-0.39, 0.29) is 17.6 Å². The van der Waals surface area contributed by atoms with E-state index in [1.165, 1.54) is 0 Å². The molecule has 0 bridgehead atoms. The highest BCUT2D eigenvalue weighted by molar-refractivity contribution is 7.10. The number of aliphatic hydroxyl groups is 1. The Kier molecular flexibility index (Phi) is 4.07. The van der Waals surface area contributed by atoms with Gasteiger partial charge in [0.1, 0.15) is 0 Å². The van der Waals surface area contributed by atoms with Gasteiger partial charge in [-0.15, -0.1) is 11.3 Å². The summed E-state index contributed by atoms with van der Waals surface area (Å²) in [7, 11) is 0. The van der Waals surface area contributed by atoms with Gasteiger partial charge in [0.05, 0.1) is 16.7 Å². The lowest BCUT2D eigenvalue weighted by atomic mass is 9.91. The van der Waals surface area contributed by atoms with Crippen LogP contribution in [0.25, 0.3) is 0 Å². The van der Waals surface area contributed by atoms with Gasteiger partial charge in [0.2, 0.25) is 5.91 Å². The van der Waals surface area contributed by atoms with Crippen molar-refractivity contribution in [2.75, 3.05) is 6.54 Å². The molecule has 3 nitrogen and oxygen atoms in total. The van der Waals surface area contributed by atoms with Crippen LogP contribution in [0.3, 0.4) is 0 Å². The van der Waals surface area contributed by atoms with Crippen molar-refractivity contribution in [1.82, 2.24) is 4.90 Å². The van der Waals surface area contributed by atoms with Crippen molar-refractivity contribution in [1.29, 1.82) is 0 Å². The number of hydrogen-bond acceptors (Lipinski definition) is 3. The Bertz CT molecular complexity index is 496. The molecule has 1 aromatic rings. The molecule has 0 aromatic carbocycles. The summed E-state index contributed by atoms with van der Waals surface area (Å²) < 4.78 is 0. The Hall–Kier alpha value is -0.580. The van der Waals surface area contributed by atoms with Gasteiger partial charge in [-0.05, 0) is 31.7 Å². The van der Waals surface area contributed by atoms with Crippen LogP contribution in [0.5, 0.6) is 0 Å². The van der Waals surface area contributed by atoms with Crippen molar-refractivity contribution in [2.45, 2.75) is 56.6 Å². The summed E-state index contributed by atoms with van der Waals surface area (Å²) in [4.78, 5) is 15.6. The van der Waals surface area contributed by atoms with Gasteiger partial charge in [0.15, 0.2) is 0 Å². The number of nitrogens with zero attached hydrogens (tertiary/aromatic N) is 1. The monoisotopic (exact) mass is 313 g/mol. The van der Waals surface area contributed by atoms with E-state index in [9.17, 15) is 9.90 Å². The lowest BCUT2D eigenvalue weighted by molar-refractivity contribution is -0.137. The fourth-order valence-electron chi connectivity index (χ4n) is 3.74. The quantitative estimate of drug-likeness (QED) is 0.930. The second-order valence-corrected chi connectivity index (χ2v) is 7.32. The predicted molar refractivity (Wildman–Crippen MR) is 81.2 cm³/mol. The molecule has 1 aromatic heterocycles. The van der Waals surface area contributed by atoms with E-state index in [0.29, 0.717) is 13.0 Å². The van der Waals surface area contributed by atoms with E-state index < -0.39 is 0 Å². The van der Waals surface area contributed by atoms with Gasteiger partial charge in [0.25, 0.3) is 0 Å². The SMILES string of the molecule is O=C(CCc1cc(Cl)cs1)N1CCC(O)C12CCCC2. The van der Waals surface area contributed by atoms with E-state index in [4.69, 9.17) is 11.6 Å². The molecule has 1 saturated heterocycles. The van der Waals surface area contributed by atoms with Crippen molar-refractivity contribution in [3.05, 3.63) is 21.3 Å². The summed E-state index contributed by atoms with van der Waals surface area (Å²) in [5.74, 6) is 0.188. The van der Waals surface area contributed by atoms with Gasteiger partial charge in [-0.1, -0.05) is 24.4 Å². The van der Waals surface area contributed by atoms with E-state index in [1.54, 1.807) is 11.3 Å². The molecule has 1 aliphatic carbocycles. The minimum absolute atomic E-state index is 0.188. The van der Waals surface area contributed by atoms with E-state index in [2.05, 4.69) is 0 Å². The number of halogens is 1. The Balaban J connectivity index is 1.64. The van der Waals surface area contributed by atoms with Crippen molar-refractivity contribution in [2.24, 2.45) is 0 Å². The van der Waals surface area contributed by atoms with Gasteiger partial charge < -0.3 is 10.0 Å². The standard InChI is InChI=1S/C15H20ClNO2S/c16-11-9-12(20-10-11)3-4-14(19)17-8-5-13(18)15(17)6-1-2-7-15/h9-10,13,18H,1-8H2. The van der Waals surface area contributed by atoms with Gasteiger partial charge in [-0.2, -0.15) is 0 Å². The molecule has 1 spiro atoms. The van der Waals surface area contributed by atoms with Crippen LogP contribution in [-0.2, 0) is 11.2 Å². The first-order valence-electron chi connectivity index (χ1n) is 7.33. The van der Waals surface area contributed by atoms with Crippen LogP contribution >= 0.6 is 22.9 Å². The number of aryl methyl sites for hydroxylation is 1. The fraction of sp³-hybridized carbons (Fsp3) is 0.667. The summed E-state index contributed by atoms with van der Waals surface area (Å²) in [5.41, 5.74) is -0.246. The largest absolute Gasteiger partial charge is 0.391 e. The van der Waals surface area contributed by atoms with E-state index >= 15 is 0 Å². The van der Waals surface area contributed by atoms with Crippen LogP contribution < -0.4 is 0 Å². The van der Waals surface area contributed by atoms with Crippen molar-refractivity contribution >= 4 is 28.8 Å². The molecular formula is C15H20ClNO2S. The number of aliphatic hydroxyl groups excluding tert-OH is 1. The fourth-order valence-corrected chi connectivity index (χ4v) is 4.81. The molecule has 2 fully saturated rings. The first kappa shape index (κ1) is 14.4. The molecule has 2 heterocycles. The molecule has 2 aliphatic rings. The van der Waals surface area contributed by atoms with E-state index in [1.807, 2.05) is 16.3 Å². The molecule has 5 heteroatoms. The summed E-state index contributed by atoms with van der Waals surface area (Å²) in [6, 6.07) is 1.93. The average Bonchev–Trinajstić information content (AvgIpc) is 3.12. The number of carbonyl (C=O) groups is 1. The zero-order valence-electron chi connectivity index (χ0n) is 11.5. The van der Waals surface area contributed by atoms with Gasteiger partial charge in [0, 0.05) is 23.2 Å². The first-order chi connectivity index (χ1) is 9.62. The summed E-state index contributed by atoms with van der Waals surface area (Å²) >= 11 is 7.51. The Labute approximate surface area is 128 Å². The Morgan fingerprint density at radius 3 is 2.90 bits per heavy atom. The summed E-state index contributed by atoms with van der Waals surface area (Å²) in [5, 5.41) is 12.9. The number of thiophene rings is 1. The molecule has 1 N–H and O–H groups in total. The van der Waals surface area contributed by atoms with Gasteiger partial charge >= 0.3 is 0 Å². The van der Waals surface area contributed by atoms with Gasteiger partial charge in [-0.3, -0.25) is 4.79 Å². The molecule has 3 rings (SSSR count). The van der Waals surface area contributed by atoms with Crippen molar-refractivity contribution in [3.8, 4) is 0 Å². The summed E-state index contributed by atoms with van der Waals surface area (Å²) in [6.45, 7) is 0.713. The lowest BCUT2D eigenvalue weighted by Crippen LogP contribution is -2.50. The van der Waals surface area contributed by atoms with Gasteiger partial charge in [-0.25, -0.2) is 0 Å². The zero-order valence-corrected chi connectivity index (χ0v) is 13.1. The maximum Gasteiger partial charge on any atom is 0.223 e. The molecule has 0 radical (unpaired) electrons. The molecule has 110 valence electrons. The zero-order chi connectivity index (χ0) is 14.2. The third kappa shape index (κ3) is 2.49. The number of rotatable bonds is 3. The highest BCUT2D eigenvalue weighted by Crippen LogP contribution is 2.43. The van der Waals surface area contributed by atoms with E-state index in [0.717, 1.165) is 48.4 Å². The van der Waals surface area contributed by atoms with Crippen LogP contribution in [0.4, 0.5) is 0 Å². The van der Waals surface area contributed by atoms with Crippen LogP contribution in [0.15, 0.2) is 11.4 Å². The molecule has 1 aliphatic heterocycles. The first-order valence-corrected chi connectivity index (χ1v) is 8.59. The summed E-state index contributed by atoms with van der Waals surface area (Å²) in [6.07, 6.45) is 5.85. The average molecular weight is 314 g/mol. The third-order valence-electron chi connectivity index (χ3n) is 4.76. The predicted octanol–water partition coefficient (Wildman–Crippen LogP) is 3.24. The third-order valence-corrected chi connectivity index (χ3v) is 6.11. The highest BCUT2D eigenvalue weighted by Gasteiger charge is 2.51. The van der Waals surface area contributed by atoms with Crippen LogP contribution in [0, 0.1) is 0 Å². The number of carbonyl (C=O) groups excluding carboxylic acids is 1. The maximum atomic E-state index is 12.5. The Morgan fingerprint density at radius 1 is 1.50 bits per heavy atom. The molecule has 1 saturated carbocycles. The molecule has 20 heavy (non-hydrogen) atoms. The van der Waals surface area contributed by atoms with Crippen molar-refractivity contribution in [3.63, 3.8) is 0 Å². The van der Waals surface area contributed by atoms with Crippen LogP contribution in [0.1, 0.15) is 43.4 Å². The van der Waals surface area contributed by atoms with Crippen molar-refractivity contribution < 1.29 is 9.90 Å². The molecular weight excluding hydrogens is 294 g/mol. The van der Waals surface area contributed by atoms with Crippen LogP contribution in [-0.4, -0.2) is 34.1 Å². The second kappa shape index (κ2) is 5.66. The molecule has 1 amide bonds. The topological polar surface area (TPSA) is 40.5 Å². The Morgan fingerprint density at radius 2 is 2.25 bits per heavy atom. The number of hydrogen-bond donors (Lipinski definition) is 1. The minimum atomic E-state index is -0.329. The smallest absolute Gasteiger partial charge is 0.223 e. The normalized spacial score (nSPS) is 24.7. The second-order valence-electron chi connectivity index (χ2n) is 5.89. The molecule has 1 unspecified atom stereocenters. The van der Waals surface area contributed by atoms with Crippen LogP contribution in [0.2, 0.25) is 5.02 Å². The highest BCUT2D eigenvalue weighted by atomic mass is 35.5. The number of likely N-dealkylation sites (tertiary alicyclic amines) is 1.